The molecule has 2 unspecified atom stereocenters. The summed E-state index contributed by atoms with van der Waals surface area (Å²) in [6.07, 6.45) is 39.6. The van der Waals surface area contributed by atoms with Crippen LogP contribution in [0.2, 0.25) is 0 Å². The number of ether oxygens (including phenoxy) is 4. The van der Waals surface area contributed by atoms with Crippen molar-refractivity contribution in [2.75, 3.05) is 19.0 Å². The number of aliphatic hydroxyl groups excluding tert-OH is 3. The first-order valence-corrected chi connectivity index (χ1v) is 28.9. The number of esters is 2. The zero-order chi connectivity index (χ0) is 48.4. The van der Waals surface area contributed by atoms with Crippen molar-refractivity contribution < 1.29 is 56.8 Å². The average Bonchev–Trinajstić information content (AvgIpc) is 3.28. The van der Waals surface area contributed by atoms with Gasteiger partial charge in [0.15, 0.2) is 12.4 Å². The first-order chi connectivity index (χ1) is 32.0. The minimum absolute atomic E-state index is 0.168. The Morgan fingerprint density at radius 3 is 1.26 bits per heavy atom. The van der Waals surface area contributed by atoms with Crippen LogP contribution in [-0.2, 0) is 38.7 Å². The Hall–Kier alpha value is -1.61. The number of allylic oxidation sites excluding steroid dienone is 2. The summed E-state index contributed by atoms with van der Waals surface area (Å²) >= 11 is 0. The van der Waals surface area contributed by atoms with Gasteiger partial charge in [0.2, 0.25) is 0 Å². The zero-order valence-electron chi connectivity index (χ0n) is 42.1. The predicted octanol–water partition coefficient (Wildman–Crippen LogP) is 12.6. The lowest BCUT2D eigenvalue weighted by molar-refractivity contribution is -0.297. The second kappa shape index (κ2) is 43.4. The first-order valence-electron chi connectivity index (χ1n) is 27.2. The molecule has 0 aliphatic carbocycles. The fourth-order valence-electron chi connectivity index (χ4n) is 8.62. The highest BCUT2D eigenvalue weighted by Gasteiger charge is 2.46. The van der Waals surface area contributed by atoms with Gasteiger partial charge in [-0.25, -0.2) is 0 Å². The molecule has 0 aromatic carbocycles. The third-order valence-corrected chi connectivity index (χ3v) is 13.6. The Morgan fingerprint density at radius 2 is 0.864 bits per heavy atom. The molecule has 0 radical (unpaired) electrons. The highest BCUT2D eigenvalue weighted by Crippen LogP contribution is 2.24. The van der Waals surface area contributed by atoms with Crippen molar-refractivity contribution in [3.63, 3.8) is 0 Å². The van der Waals surface area contributed by atoms with E-state index >= 15 is 0 Å². The van der Waals surface area contributed by atoms with E-state index in [4.69, 9.17) is 18.9 Å². The predicted molar refractivity (Wildman–Crippen MR) is 266 cm³/mol. The topological polar surface area (TPSA) is 186 Å². The Labute approximate surface area is 403 Å². The van der Waals surface area contributed by atoms with E-state index in [-0.39, 0.29) is 19.4 Å². The molecule has 1 heterocycles. The van der Waals surface area contributed by atoms with Crippen molar-refractivity contribution >= 4 is 22.1 Å². The van der Waals surface area contributed by atoms with Crippen LogP contribution in [0.4, 0.5) is 0 Å². The van der Waals surface area contributed by atoms with E-state index in [1.807, 2.05) is 0 Å². The Morgan fingerprint density at radius 1 is 0.500 bits per heavy atom. The van der Waals surface area contributed by atoms with Crippen molar-refractivity contribution in [3.05, 3.63) is 12.2 Å². The molecule has 0 saturated carbocycles. The van der Waals surface area contributed by atoms with Crippen LogP contribution < -0.4 is 0 Å². The molecule has 66 heavy (non-hydrogen) atoms. The van der Waals surface area contributed by atoms with Crippen LogP contribution in [0.3, 0.4) is 0 Å². The number of rotatable bonds is 47. The van der Waals surface area contributed by atoms with Gasteiger partial charge in [0, 0.05) is 12.8 Å². The minimum atomic E-state index is -4.60. The van der Waals surface area contributed by atoms with Gasteiger partial charge in [-0.05, 0) is 38.5 Å². The van der Waals surface area contributed by atoms with Crippen molar-refractivity contribution in [2.24, 2.45) is 0 Å². The lowest BCUT2D eigenvalue weighted by atomic mass is 10.00. The van der Waals surface area contributed by atoms with Crippen LogP contribution >= 0.6 is 0 Å². The molecular formula is C53H100O12S. The van der Waals surface area contributed by atoms with Crippen LogP contribution in [0.25, 0.3) is 0 Å². The molecule has 1 rings (SSSR count). The Balaban J connectivity index is 2.33. The minimum Gasteiger partial charge on any atom is -0.462 e. The number of carbonyl (C=O) groups is 2. The molecule has 390 valence electrons. The third kappa shape index (κ3) is 37.3. The maximum Gasteiger partial charge on any atom is 0.306 e. The van der Waals surface area contributed by atoms with Gasteiger partial charge in [-0.3, -0.25) is 14.1 Å². The molecule has 1 aliphatic heterocycles. The maximum absolute atomic E-state index is 12.9. The van der Waals surface area contributed by atoms with E-state index < -0.39 is 71.2 Å². The smallest absolute Gasteiger partial charge is 0.306 e. The summed E-state index contributed by atoms with van der Waals surface area (Å²) in [5.74, 6) is -1.96. The molecule has 0 bridgehead atoms. The number of hydrogen-bond acceptors (Lipinski definition) is 11. The van der Waals surface area contributed by atoms with E-state index in [0.29, 0.717) is 12.8 Å². The SMILES string of the molecule is CCCCCCCC/C=C/CCCCCCCCCCCCCC(=O)O[C@H](COC(=O)CCCCCCCCCCCCCCCCCCC)CO[C@H]1O[C@H](CS(=O)(=O)O)[C@@H](O)C(O)C1O. The molecule has 0 aromatic rings. The molecule has 13 heteroatoms. The molecule has 12 nitrogen and oxygen atoms in total. The summed E-state index contributed by atoms with van der Waals surface area (Å²) in [6, 6.07) is 0. The lowest BCUT2D eigenvalue weighted by Gasteiger charge is -2.40. The molecular weight excluding hydrogens is 861 g/mol. The van der Waals surface area contributed by atoms with E-state index in [1.54, 1.807) is 0 Å². The van der Waals surface area contributed by atoms with Crippen LogP contribution in [0.15, 0.2) is 12.2 Å². The summed E-state index contributed by atoms with van der Waals surface area (Å²) < 4.78 is 54.3. The van der Waals surface area contributed by atoms with E-state index in [2.05, 4.69) is 26.0 Å². The summed E-state index contributed by atoms with van der Waals surface area (Å²) in [5.41, 5.74) is 0. The molecule has 0 amide bonds. The maximum atomic E-state index is 12.9. The van der Waals surface area contributed by atoms with Gasteiger partial charge < -0.3 is 34.3 Å². The van der Waals surface area contributed by atoms with Gasteiger partial charge in [0.05, 0.1) is 6.61 Å². The number of carbonyl (C=O) groups excluding carboxylic acids is 2. The molecule has 1 aliphatic rings. The molecule has 0 aromatic heterocycles. The van der Waals surface area contributed by atoms with Gasteiger partial charge in [-0.2, -0.15) is 8.42 Å². The van der Waals surface area contributed by atoms with Crippen LogP contribution in [0.1, 0.15) is 258 Å². The van der Waals surface area contributed by atoms with E-state index in [9.17, 15) is 37.9 Å². The van der Waals surface area contributed by atoms with E-state index in [0.717, 1.165) is 38.5 Å². The summed E-state index contributed by atoms with van der Waals surface area (Å²) in [4.78, 5) is 25.6. The molecule has 1 fully saturated rings. The number of unbranched alkanes of at least 4 members (excludes halogenated alkanes) is 33. The van der Waals surface area contributed by atoms with Crippen LogP contribution in [0.5, 0.6) is 0 Å². The normalized spacial score (nSPS) is 19.4. The van der Waals surface area contributed by atoms with Crippen molar-refractivity contribution in [3.8, 4) is 0 Å². The average molecular weight is 961 g/mol. The molecule has 0 spiro atoms. The first kappa shape index (κ1) is 62.4. The van der Waals surface area contributed by atoms with Crippen LogP contribution in [0, 0.1) is 0 Å². The van der Waals surface area contributed by atoms with Crippen molar-refractivity contribution in [1.29, 1.82) is 0 Å². The van der Waals surface area contributed by atoms with Gasteiger partial charge in [0.1, 0.15) is 36.8 Å². The molecule has 1 saturated heterocycles. The standard InChI is InChI=1S/C53H100O12S/c1-3-5-7-9-11-13-15-17-19-21-22-23-24-26-28-30-32-34-36-38-40-42-49(55)64-46(44-63-53-52(58)51(57)50(56)47(65-53)45-66(59,60)61)43-62-48(54)41-39-37-35-33-31-29-27-25-20-18-16-14-12-10-8-6-4-2/h17,19,46-47,50-53,56-58H,3-16,18,20-45H2,1-2H3,(H,59,60,61)/b19-17+/t46-,47-,50-,51?,52?,53+/m1/s1. The molecule has 4 N–H and O–H groups in total. The van der Waals surface area contributed by atoms with Crippen LogP contribution in [-0.4, -0.2) is 96.0 Å². The fraction of sp³-hybridized carbons (Fsp3) is 0.925. The monoisotopic (exact) mass is 961 g/mol. The second-order valence-electron chi connectivity index (χ2n) is 19.3. The highest BCUT2D eigenvalue weighted by molar-refractivity contribution is 7.85. The van der Waals surface area contributed by atoms with Gasteiger partial charge in [-0.1, -0.05) is 219 Å². The Kier molecular flexibility index (Phi) is 41.0. The summed E-state index contributed by atoms with van der Waals surface area (Å²) in [7, 11) is -4.60. The van der Waals surface area contributed by atoms with Gasteiger partial charge in [0.25, 0.3) is 10.1 Å². The van der Waals surface area contributed by atoms with E-state index in [1.165, 1.54) is 180 Å². The largest absolute Gasteiger partial charge is 0.462 e. The fourth-order valence-corrected chi connectivity index (χ4v) is 9.31. The van der Waals surface area contributed by atoms with Gasteiger partial charge in [-0.15, -0.1) is 0 Å². The number of aliphatic hydroxyl groups is 3. The number of hydrogen-bond donors (Lipinski definition) is 4. The second-order valence-corrected chi connectivity index (χ2v) is 20.8. The highest BCUT2D eigenvalue weighted by atomic mass is 32.2. The third-order valence-electron chi connectivity index (χ3n) is 12.8. The Bertz CT molecular complexity index is 1260. The van der Waals surface area contributed by atoms with Gasteiger partial charge >= 0.3 is 11.9 Å². The quantitative estimate of drug-likeness (QED) is 0.0196. The summed E-state index contributed by atoms with van der Waals surface area (Å²) in [5, 5.41) is 31.0. The zero-order valence-corrected chi connectivity index (χ0v) is 42.9. The molecule has 6 atom stereocenters. The van der Waals surface area contributed by atoms with Crippen molar-refractivity contribution in [1.82, 2.24) is 0 Å². The lowest BCUT2D eigenvalue weighted by Crippen LogP contribution is -2.60. The van der Waals surface area contributed by atoms with Crippen molar-refractivity contribution in [2.45, 2.75) is 295 Å². The summed E-state index contributed by atoms with van der Waals surface area (Å²) in [6.45, 7) is 3.81.